The number of nitrogens with zero attached hydrogens (tertiary/aromatic N) is 1. The van der Waals surface area contributed by atoms with E-state index >= 15 is 0 Å². The van der Waals surface area contributed by atoms with E-state index in [1.54, 1.807) is 19.1 Å². The first kappa shape index (κ1) is 22.3. The van der Waals surface area contributed by atoms with Gasteiger partial charge in [-0.05, 0) is 69.2 Å². The van der Waals surface area contributed by atoms with Crippen molar-refractivity contribution in [2.75, 3.05) is 13.6 Å². The zero-order valence-corrected chi connectivity index (χ0v) is 16.7. The first-order valence-electron chi connectivity index (χ1n) is 9.48. The van der Waals surface area contributed by atoms with E-state index in [1.165, 1.54) is 17.8 Å². The number of alkyl halides is 3. The quantitative estimate of drug-likeness (QED) is 0.452. The molecule has 1 heterocycles. The Balaban J connectivity index is 3.50. The summed E-state index contributed by atoms with van der Waals surface area (Å²) in [5, 5.41) is 0. The molecule has 1 nitrogen and oxygen atoms in total. The van der Waals surface area contributed by atoms with Crippen LogP contribution in [0.3, 0.4) is 0 Å². The Morgan fingerprint density at radius 3 is 2.38 bits per heavy atom. The molecular formula is C22H32F3N. The average molecular weight is 367 g/mol. The number of allylic oxidation sites excluding steroid dienone is 10. The van der Waals surface area contributed by atoms with Crippen LogP contribution in [0.15, 0.2) is 58.4 Å². The van der Waals surface area contributed by atoms with Crippen molar-refractivity contribution in [1.82, 2.24) is 4.90 Å². The summed E-state index contributed by atoms with van der Waals surface area (Å²) in [6.07, 6.45) is 8.28. The summed E-state index contributed by atoms with van der Waals surface area (Å²) in [5.41, 5.74) is 3.24. The van der Waals surface area contributed by atoms with Gasteiger partial charge in [-0.15, -0.1) is 0 Å². The topological polar surface area (TPSA) is 3.24 Å². The second-order valence-corrected chi connectivity index (χ2v) is 6.73. The molecule has 1 aliphatic heterocycles. The summed E-state index contributed by atoms with van der Waals surface area (Å²) >= 11 is 0. The van der Waals surface area contributed by atoms with Crippen molar-refractivity contribution in [3.63, 3.8) is 0 Å². The zero-order chi connectivity index (χ0) is 19.7. The summed E-state index contributed by atoms with van der Waals surface area (Å²) in [7, 11) is 2.06. The number of hydrogen-bond acceptors (Lipinski definition) is 1. The van der Waals surface area contributed by atoms with E-state index in [1.807, 2.05) is 20.8 Å². The first-order chi connectivity index (χ1) is 12.2. The van der Waals surface area contributed by atoms with Gasteiger partial charge < -0.3 is 4.90 Å². The average Bonchev–Trinajstić information content (AvgIpc) is 2.58. The predicted octanol–water partition coefficient (Wildman–Crippen LogP) is 7.11. The van der Waals surface area contributed by atoms with Gasteiger partial charge in [0, 0.05) is 19.3 Å². The van der Waals surface area contributed by atoms with Gasteiger partial charge in [0.25, 0.3) is 0 Å². The molecule has 0 N–H and O–H groups in total. The summed E-state index contributed by atoms with van der Waals surface area (Å²) in [6.45, 7) is 8.60. The second-order valence-electron chi connectivity index (χ2n) is 6.73. The van der Waals surface area contributed by atoms with Gasteiger partial charge in [-0.25, -0.2) is 0 Å². The number of piperidine rings is 1. The normalized spacial score (nSPS) is 20.2. The molecule has 0 bridgehead atoms. The molecule has 0 spiro atoms. The SMILES string of the molecule is C\C=C/C(=C\C(=C\CC)C(F)(F)F)C(/C=C1/CCCCN1C)=C(C)CC. The smallest absolute Gasteiger partial charge is 0.378 e. The molecule has 4 heteroatoms. The van der Waals surface area contributed by atoms with E-state index in [4.69, 9.17) is 0 Å². The Bertz CT molecular complexity index is 616. The second kappa shape index (κ2) is 10.4. The molecule has 0 radical (unpaired) electrons. The van der Waals surface area contributed by atoms with Crippen molar-refractivity contribution in [3.8, 4) is 0 Å². The molecule has 26 heavy (non-hydrogen) atoms. The van der Waals surface area contributed by atoms with Crippen LogP contribution in [0.5, 0.6) is 0 Å². The Kier molecular flexibility index (Phi) is 8.97. The van der Waals surface area contributed by atoms with Crippen LogP contribution in [0.4, 0.5) is 13.2 Å². The molecule has 0 unspecified atom stereocenters. The van der Waals surface area contributed by atoms with Crippen LogP contribution in [-0.2, 0) is 0 Å². The highest BCUT2D eigenvalue weighted by Crippen LogP contribution is 2.32. The minimum atomic E-state index is -4.34. The molecule has 0 aromatic rings. The third kappa shape index (κ3) is 6.54. The van der Waals surface area contributed by atoms with E-state index in [2.05, 4.69) is 18.0 Å². The maximum Gasteiger partial charge on any atom is 0.416 e. The highest BCUT2D eigenvalue weighted by Gasteiger charge is 2.32. The third-order valence-electron chi connectivity index (χ3n) is 4.69. The van der Waals surface area contributed by atoms with Crippen LogP contribution in [0.2, 0.25) is 0 Å². The van der Waals surface area contributed by atoms with Gasteiger partial charge >= 0.3 is 6.18 Å². The Hall–Kier alpha value is -1.71. The van der Waals surface area contributed by atoms with Crippen molar-refractivity contribution >= 4 is 0 Å². The van der Waals surface area contributed by atoms with Gasteiger partial charge in [-0.1, -0.05) is 37.6 Å². The van der Waals surface area contributed by atoms with Crippen LogP contribution < -0.4 is 0 Å². The maximum absolute atomic E-state index is 13.4. The lowest BCUT2D eigenvalue weighted by Gasteiger charge is -2.28. The summed E-state index contributed by atoms with van der Waals surface area (Å²) in [5.74, 6) is 0. The lowest BCUT2D eigenvalue weighted by atomic mass is 9.93. The zero-order valence-electron chi connectivity index (χ0n) is 16.7. The summed E-state index contributed by atoms with van der Waals surface area (Å²) < 4.78 is 40.2. The number of likely N-dealkylation sites (tertiary alicyclic amines) is 1. The molecule has 1 saturated heterocycles. The monoisotopic (exact) mass is 367 g/mol. The predicted molar refractivity (Wildman–Crippen MR) is 105 cm³/mol. The van der Waals surface area contributed by atoms with Crippen molar-refractivity contribution < 1.29 is 13.2 Å². The van der Waals surface area contributed by atoms with Crippen molar-refractivity contribution in [2.45, 2.75) is 66.0 Å². The summed E-state index contributed by atoms with van der Waals surface area (Å²) in [4.78, 5) is 2.21. The molecule has 0 aliphatic carbocycles. The Morgan fingerprint density at radius 1 is 1.19 bits per heavy atom. The lowest BCUT2D eigenvalue weighted by molar-refractivity contribution is -0.0884. The minimum Gasteiger partial charge on any atom is -0.378 e. The standard InChI is InChI=1S/C22H32F3N/c1-6-11-18(15-19(12-7-2)22(23,24)25)21(17(4)8-3)16-20-13-9-10-14-26(20)5/h6,11-12,15-16H,7-10,13-14H2,1-5H3/b11-6-,18-15+,19-12-,20-16-,21-17?. The molecule has 1 rings (SSSR count). The van der Waals surface area contributed by atoms with E-state index in [0.717, 1.165) is 43.4 Å². The molecule has 0 aromatic heterocycles. The van der Waals surface area contributed by atoms with Crippen LogP contribution in [-0.4, -0.2) is 24.7 Å². The third-order valence-corrected chi connectivity index (χ3v) is 4.69. The Labute approximate surface area is 156 Å². The van der Waals surface area contributed by atoms with Crippen molar-refractivity contribution in [1.29, 1.82) is 0 Å². The molecule has 0 atom stereocenters. The fraction of sp³-hybridized carbons (Fsp3) is 0.545. The maximum atomic E-state index is 13.4. The highest BCUT2D eigenvalue weighted by molar-refractivity contribution is 5.53. The van der Waals surface area contributed by atoms with E-state index in [-0.39, 0.29) is 0 Å². The van der Waals surface area contributed by atoms with E-state index < -0.39 is 11.7 Å². The molecule has 1 fully saturated rings. The lowest BCUT2D eigenvalue weighted by Crippen LogP contribution is -2.23. The fourth-order valence-corrected chi connectivity index (χ4v) is 3.02. The molecule has 146 valence electrons. The van der Waals surface area contributed by atoms with Gasteiger partial charge in [0.05, 0.1) is 5.57 Å². The molecular weight excluding hydrogens is 335 g/mol. The van der Waals surface area contributed by atoms with Crippen molar-refractivity contribution in [3.05, 3.63) is 58.4 Å². The Morgan fingerprint density at radius 2 is 1.88 bits per heavy atom. The fourth-order valence-electron chi connectivity index (χ4n) is 3.02. The highest BCUT2D eigenvalue weighted by atomic mass is 19.4. The number of halogens is 3. The van der Waals surface area contributed by atoms with Crippen LogP contribution in [0, 0.1) is 0 Å². The van der Waals surface area contributed by atoms with Gasteiger partial charge in [-0.3, -0.25) is 0 Å². The van der Waals surface area contributed by atoms with Crippen LogP contribution in [0.25, 0.3) is 0 Å². The molecule has 1 aliphatic rings. The minimum absolute atomic E-state index is 0.351. The number of rotatable bonds is 6. The summed E-state index contributed by atoms with van der Waals surface area (Å²) in [6, 6.07) is 0. The van der Waals surface area contributed by atoms with Crippen molar-refractivity contribution in [2.24, 2.45) is 0 Å². The van der Waals surface area contributed by atoms with Gasteiger partial charge in [-0.2, -0.15) is 13.2 Å². The van der Waals surface area contributed by atoms with Gasteiger partial charge in [0.15, 0.2) is 0 Å². The molecule has 0 amide bonds. The van der Waals surface area contributed by atoms with Crippen LogP contribution >= 0.6 is 0 Å². The van der Waals surface area contributed by atoms with Crippen LogP contribution in [0.1, 0.15) is 59.8 Å². The van der Waals surface area contributed by atoms with E-state index in [0.29, 0.717) is 12.0 Å². The molecule has 0 aromatic carbocycles. The van der Waals surface area contributed by atoms with E-state index in [9.17, 15) is 13.2 Å². The van der Waals surface area contributed by atoms with Gasteiger partial charge in [0.1, 0.15) is 0 Å². The van der Waals surface area contributed by atoms with Gasteiger partial charge in [0.2, 0.25) is 0 Å². The number of hydrogen-bond donors (Lipinski definition) is 0. The molecule has 0 saturated carbocycles. The largest absolute Gasteiger partial charge is 0.416 e. The first-order valence-corrected chi connectivity index (χ1v) is 9.48.